The second-order valence-corrected chi connectivity index (χ2v) is 4.96. The van der Waals surface area contributed by atoms with Crippen LogP contribution in [-0.4, -0.2) is 32.9 Å². The Hall–Kier alpha value is -1.55. The summed E-state index contributed by atoms with van der Waals surface area (Å²) >= 11 is 0. The number of methoxy groups -OCH3 is 1. The molecule has 4 heteroatoms. The molecule has 0 saturated carbocycles. The Morgan fingerprint density at radius 2 is 2.05 bits per heavy atom. The van der Waals surface area contributed by atoms with Gasteiger partial charge in [0.25, 0.3) is 0 Å². The standard InChI is InChI=1S/C15H20O4/c1-5-19-14(16)15(8-18-9-15)12-7-10(2)6-11(3)13(12)17-4/h6-7H,5,8-9H2,1-4H3. The van der Waals surface area contributed by atoms with Crippen molar-refractivity contribution in [2.75, 3.05) is 26.9 Å². The Labute approximate surface area is 113 Å². The Bertz CT molecular complexity index is 489. The van der Waals surface area contributed by atoms with Crippen LogP contribution in [-0.2, 0) is 19.7 Å². The number of carbonyl (C=O) groups excluding carboxylic acids is 1. The summed E-state index contributed by atoms with van der Waals surface area (Å²) in [6, 6.07) is 4.03. The van der Waals surface area contributed by atoms with Gasteiger partial charge in [0.1, 0.15) is 11.2 Å². The van der Waals surface area contributed by atoms with E-state index in [-0.39, 0.29) is 5.97 Å². The molecular formula is C15H20O4. The molecule has 1 aromatic carbocycles. The molecule has 1 aromatic rings. The predicted octanol–water partition coefficient (Wildman–Crippen LogP) is 2.14. The fraction of sp³-hybridized carbons (Fsp3) is 0.533. The van der Waals surface area contributed by atoms with Gasteiger partial charge in [-0.3, -0.25) is 4.79 Å². The van der Waals surface area contributed by atoms with Crippen LogP contribution >= 0.6 is 0 Å². The molecule has 1 saturated heterocycles. The summed E-state index contributed by atoms with van der Waals surface area (Å²) in [7, 11) is 1.62. The molecule has 104 valence electrons. The van der Waals surface area contributed by atoms with E-state index in [4.69, 9.17) is 14.2 Å². The summed E-state index contributed by atoms with van der Waals surface area (Å²) in [5.74, 6) is 0.520. The SMILES string of the molecule is CCOC(=O)C1(c2cc(C)cc(C)c2OC)COC1. The lowest BCUT2D eigenvalue weighted by molar-refractivity contribution is -0.169. The number of carbonyl (C=O) groups is 1. The van der Waals surface area contributed by atoms with Crippen LogP contribution in [0.3, 0.4) is 0 Å². The van der Waals surface area contributed by atoms with Crippen molar-refractivity contribution in [2.24, 2.45) is 0 Å². The van der Waals surface area contributed by atoms with Crippen molar-refractivity contribution in [3.8, 4) is 5.75 Å². The third-order valence-electron chi connectivity index (χ3n) is 3.50. The van der Waals surface area contributed by atoms with E-state index in [0.717, 1.165) is 22.4 Å². The molecule has 19 heavy (non-hydrogen) atoms. The van der Waals surface area contributed by atoms with Crippen LogP contribution in [0, 0.1) is 13.8 Å². The average Bonchev–Trinajstić information content (AvgIpc) is 2.27. The summed E-state index contributed by atoms with van der Waals surface area (Å²) in [5, 5.41) is 0. The van der Waals surface area contributed by atoms with Gasteiger partial charge >= 0.3 is 5.97 Å². The second kappa shape index (κ2) is 5.21. The molecule has 0 N–H and O–H groups in total. The van der Waals surface area contributed by atoms with E-state index < -0.39 is 5.41 Å². The van der Waals surface area contributed by atoms with E-state index in [0.29, 0.717) is 19.8 Å². The molecule has 0 bridgehead atoms. The van der Waals surface area contributed by atoms with Gasteiger partial charge in [0, 0.05) is 5.56 Å². The monoisotopic (exact) mass is 264 g/mol. The molecule has 0 spiro atoms. The third kappa shape index (κ3) is 2.21. The van der Waals surface area contributed by atoms with Crippen LogP contribution in [0.15, 0.2) is 12.1 Å². The maximum atomic E-state index is 12.3. The minimum Gasteiger partial charge on any atom is -0.496 e. The van der Waals surface area contributed by atoms with Crippen molar-refractivity contribution in [3.05, 3.63) is 28.8 Å². The normalized spacial score (nSPS) is 16.6. The van der Waals surface area contributed by atoms with Crippen molar-refractivity contribution in [1.82, 2.24) is 0 Å². The van der Waals surface area contributed by atoms with Gasteiger partial charge in [-0.1, -0.05) is 17.7 Å². The highest BCUT2D eigenvalue weighted by Crippen LogP contribution is 2.41. The Morgan fingerprint density at radius 3 is 2.53 bits per heavy atom. The summed E-state index contributed by atoms with van der Waals surface area (Å²) < 4.78 is 16.0. The first-order valence-corrected chi connectivity index (χ1v) is 6.46. The molecule has 0 unspecified atom stereocenters. The van der Waals surface area contributed by atoms with Crippen molar-refractivity contribution >= 4 is 5.97 Å². The van der Waals surface area contributed by atoms with Crippen molar-refractivity contribution in [2.45, 2.75) is 26.2 Å². The Kier molecular flexibility index (Phi) is 3.80. The number of hydrogen-bond donors (Lipinski definition) is 0. The average molecular weight is 264 g/mol. The van der Waals surface area contributed by atoms with Crippen LogP contribution < -0.4 is 4.74 Å². The van der Waals surface area contributed by atoms with E-state index in [1.54, 1.807) is 7.11 Å². The maximum Gasteiger partial charge on any atom is 0.321 e. The van der Waals surface area contributed by atoms with Crippen LogP contribution in [0.25, 0.3) is 0 Å². The molecule has 1 fully saturated rings. The predicted molar refractivity (Wildman–Crippen MR) is 71.6 cm³/mol. The van der Waals surface area contributed by atoms with E-state index >= 15 is 0 Å². The number of ether oxygens (including phenoxy) is 3. The lowest BCUT2D eigenvalue weighted by atomic mass is 9.77. The molecule has 0 radical (unpaired) electrons. The molecule has 1 heterocycles. The van der Waals surface area contributed by atoms with Gasteiger partial charge < -0.3 is 14.2 Å². The first-order chi connectivity index (χ1) is 9.05. The minimum atomic E-state index is -0.710. The largest absolute Gasteiger partial charge is 0.496 e. The van der Waals surface area contributed by atoms with Crippen LogP contribution in [0.2, 0.25) is 0 Å². The molecule has 4 nitrogen and oxygen atoms in total. The van der Waals surface area contributed by atoms with Gasteiger partial charge in [0.2, 0.25) is 0 Å². The highest BCUT2D eigenvalue weighted by Gasteiger charge is 2.51. The first-order valence-electron chi connectivity index (χ1n) is 6.46. The number of esters is 1. The Morgan fingerprint density at radius 1 is 1.37 bits per heavy atom. The van der Waals surface area contributed by atoms with E-state index in [1.807, 2.05) is 32.9 Å². The smallest absolute Gasteiger partial charge is 0.321 e. The number of rotatable bonds is 4. The van der Waals surface area contributed by atoms with Gasteiger partial charge in [-0.15, -0.1) is 0 Å². The highest BCUT2D eigenvalue weighted by atomic mass is 16.6. The number of hydrogen-bond acceptors (Lipinski definition) is 4. The fourth-order valence-electron chi connectivity index (χ4n) is 2.54. The lowest BCUT2D eigenvalue weighted by Crippen LogP contribution is -2.54. The molecule has 0 aromatic heterocycles. The first kappa shape index (κ1) is 13.9. The van der Waals surface area contributed by atoms with Gasteiger partial charge in [0.15, 0.2) is 0 Å². The second-order valence-electron chi connectivity index (χ2n) is 4.96. The summed E-state index contributed by atoms with van der Waals surface area (Å²) in [5.41, 5.74) is 2.28. The van der Waals surface area contributed by atoms with E-state index in [2.05, 4.69) is 0 Å². The number of aryl methyl sites for hydroxylation is 2. The van der Waals surface area contributed by atoms with Crippen LogP contribution in [0.5, 0.6) is 5.75 Å². The summed E-state index contributed by atoms with van der Waals surface area (Å²) in [4.78, 5) is 12.3. The molecule has 2 rings (SSSR count). The van der Waals surface area contributed by atoms with Gasteiger partial charge in [0.05, 0.1) is 26.9 Å². The fourth-order valence-corrected chi connectivity index (χ4v) is 2.54. The molecule has 0 amide bonds. The van der Waals surface area contributed by atoms with E-state index in [1.165, 1.54) is 0 Å². The number of benzene rings is 1. The minimum absolute atomic E-state index is 0.232. The molecule has 1 aliphatic heterocycles. The topological polar surface area (TPSA) is 44.8 Å². The zero-order chi connectivity index (χ0) is 14.0. The lowest BCUT2D eigenvalue weighted by Gasteiger charge is -2.40. The quantitative estimate of drug-likeness (QED) is 0.782. The van der Waals surface area contributed by atoms with Crippen molar-refractivity contribution in [3.63, 3.8) is 0 Å². The molecule has 0 aliphatic carbocycles. The highest BCUT2D eigenvalue weighted by molar-refractivity contribution is 5.86. The summed E-state index contributed by atoms with van der Waals surface area (Å²) in [6.07, 6.45) is 0. The summed E-state index contributed by atoms with van der Waals surface area (Å²) in [6.45, 7) is 6.87. The van der Waals surface area contributed by atoms with Crippen molar-refractivity contribution < 1.29 is 19.0 Å². The molecule has 1 aliphatic rings. The zero-order valence-corrected chi connectivity index (χ0v) is 11.9. The zero-order valence-electron chi connectivity index (χ0n) is 11.9. The van der Waals surface area contributed by atoms with E-state index in [9.17, 15) is 4.79 Å². The molecule has 0 atom stereocenters. The van der Waals surface area contributed by atoms with Crippen molar-refractivity contribution in [1.29, 1.82) is 0 Å². The third-order valence-corrected chi connectivity index (χ3v) is 3.50. The molecular weight excluding hydrogens is 244 g/mol. The van der Waals surface area contributed by atoms with Gasteiger partial charge in [-0.2, -0.15) is 0 Å². The van der Waals surface area contributed by atoms with Gasteiger partial charge in [-0.25, -0.2) is 0 Å². The van der Waals surface area contributed by atoms with Gasteiger partial charge in [-0.05, 0) is 26.3 Å². The van der Waals surface area contributed by atoms with Crippen LogP contribution in [0.4, 0.5) is 0 Å². The Balaban J connectivity index is 2.52. The maximum absolute atomic E-state index is 12.3. The van der Waals surface area contributed by atoms with Crippen LogP contribution in [0.1, 0.15) is 23.6 Å².